The molecule has 0 aliphatic carbocycles. The molecule has 1 aromatic heterocycles. The first-order valence-electron chi connectivity index (χ1n) is 12.0. The lowest BCUT2D eigenvalue weighted by molar-refractivity contribution is 0.0949. The SMILES string of the molecule is Cc1ccc(OCc2nnc(C(=O)Nc3cccc(C(=O)NCCCN4CCCCC4)c3)s2)cc1. The third-order valence-corrected chi connectivity index (χ3v) is 6.71. The van der Waals surface area contributed by atoms with Gasteiger partial charge in [0, 0.05) is 17.8 Å². The van der Waals surface area contributed by atoms with Crippen molar-refractivity contribution in [1.29, 1.82) is 0 Å². The summed E-state index contributed by atoms with van der Waals surface area (Å²) in [5, 5.41) is 14.6. The van der Waals surface area contributed by atoms with Gasteiger partial charge in [-0.05, 0) is 76.2 Å². The number of amides is 2. The Morgan fingerprint density at radius 2 is 1.83 bits per heavy atom. The first-order chi connectivity index (χ1) is 17.1. The molecule has 184 valence electrons. The monoisotopic (exact) mass is 493 g/mol. The van der Waals surface area contributed by atoms with Gasteiger partial charge in [-0.3, -0.25) is 9.59 Å². The number of aromatic nitrogens is 2. The molecule has 3 aromatic rings. The number of carbonyl (C=O) groups is 2. The molecule has 0 atom stereocenters. The number of rotatable bonds is 10. The lowest BCUT2D eigenvalue weighted by atomic mass is 10.1. The Kier molecular flexibility index (Phi) is 8.80. The van der Waals surface area contributed by atoms with Crippen molar-refractivity contribution in [3.63, 3.8) is 0 Å². The Morgan fingerprint density at radius 3 is 2.63 bits per heavy atom. The molecule has 0 spiro atoms. The molecule has 0 bridgehead atoms. The summed E-state index contributed by atoms with van der Waals surface area (Å²) in [5.41, 5.74) is 2.19. The van der Waals surface area contributed by atoms with E-state index in [0.29, 0.717) is 22.8 Å². The van der Waals surface area contributed by atoms with Crippen molar-refractivity contribution in [2.24, 2.45) is 0 Å². The van der Waals surface area contributed by atoms with E-state index in [9.17, 15) is 9.59 Å². The Balaban J connectivity index is 1.24. The topological polar surface area (TPSA) is 96.5 Å². The van der Waals surface area contributed by atoms with Gasteiger partial charge in [0.15, 0.2) is 5.01 Å². The fraction of sp³-hybridized carbons (Fsp3) is 0.385. The maximum Gasteiger partial charge on any atom is 0.286 e. The number of nitrogens with one attached hydrogen (secondary N) is 2. The molecule has 0 radical (unpaired) electrons. The summed E-state index contributed by atoms with van der Waals surface area (Å²) >= 11 is 1.18. The van der Waals surface area contributed by atoms with Gasteiger partial charge in [-0.15, -0.1) is 10.2 Å². The van der Waals surface area contributed by atoms with Crippen LogP contribution in [0, 0.1) is 6.92 Å². The minimum absolute atomic E-state index is 0.147. The Labute approximate surface area is 209 Å². The summed E-state index contributed by atoms with van der Waals surface area (Å²) < 4.78 is 5.70. The zero-order valence-corrected chi connectivity index (χ0v) is 20.8. The minimum atomic E-state index is -0.372. The molecule has 4 rings (SSSR count). The summed E-state index contributed by atoms with van der Waals surface area (Å²) in [6.07, 6.45) is 4.78. The molecule has 1 fully saturated rings. The van der Waals surface area contributed by atoms with Crippen molar-refractivity contribution in [3.8, 4) is 5.75 Å². The van der Waals surface area contributed by atoms with Gasteiger partial charge in [-0.1, -0.05) is 41.5 Å². The van der Waals surface area contributed by atoms with Crippen molar-refractivity contribution < 1.29 is 14.3 Å². The van der Waals surface area contributed by atoms with Crippen LogP contribution in [0.4, 0.5) is 5.69 Å². The zero-order valence-electron chi connectivity index (χ0n) is 20.0. The standard InChI is InChI=1S/C26H31N5O3S/c1-19-9-11-22(12-10-19)34-18-23-29-30-26(35-23)25(33)28-21-8-5-7-20(17-21)24(32)27-13-6-16-31-14-3-2-4-15-31/h5,7-12,17H,2-4,6,13-16,18H2,1H3,(H,27,32)(H,28,33). The molecule has 1 aliphatic rings. The van der Waals surface area contributed by atoms with Crippen LogP contribution in [0.25, 0.3) is 0 Å². The lowest BCUT2D eigenvalue weighted by Gasteiger charge is -2.26. The molecule has 2 amide bonds. The van der Waals surface area contributed by atoms with Crippen LogP contribution in [0.3, 0.4) is 0 Å². The minimum Gasteiger partial charge on any atom is -0.486 e. The second-order valence-electron chi connectivity index (χ2n) is 8.65. The first kappa shape index (κ1) is 24.8. The van der Waals surface area contributed by atoms with Gasteiger partial charge in [0.25, 0.3) is 11.8 Å². The van der Waals surface area contributed by atoms with Crippen LogP contribution in [-0.2, 0) is 6.61 Å². The number of anilines is 1. The van der Waals surface area contributed by atoms with Gasteiger partial charge in [-0.2, -0.15) is 0 Å². The molecule has 2 heterocycles. The third-order valence-electron chi connectivity index (χ3n) is 5.81. The van der Waals surface area contributed by atoms with Crippen LogP contribution in [0.5, 0.6) is 5.75 Å². The summed E-state index contributed by atoms with van der Waals surface area (Å²) in [6, 6.07) is 14.6. The van der Waals surface area contributed by atoms with E-state index in [0.717, 1.165) is 37.4 Å². The van der Waals surface area contributed by atoms with Crippen molar-refractivity contribution in [1.82, 2.24) is 20.4 Å². The van der Waals surface area contributed by atoms with Crippen LogP contribution in [0.1, 0.15) is 56.4 Å². The first-order valence-corrected chi connectivity index (χ1v) is 12.8. The molecule has 1 aliphatic heterocycles. The zero-order chi connectivity index (χ0) is 24.5. The van der Waals surface area contributed by atoms with E-state index in [1.165, 1.54) is 30.6 Å². The maximum absolute atomic E-state index is 12.6. The van der Waals surface area contributed by atoms with Crippen molar-refractivity contribution >= 4 is 28.8 Å². The third kappa shape index (κ3) is 7.60. The highest BCUT2D eigenvalue weighted by Gasteiger charge is 2.15. The normalized spacial score (nSPS) is 13.9. The van der Waals surface area contributed by atoms with Crippen LogP contribution in [0.2, 0.25) is 0 Å². The number of aryl methyl sites for hydroxylation is 1. The number of carbonyl (C=O) groups excluding carboxylic acids is 2. The lowest BCUT2D eigenvalue weighted by Crippen LogP contribution is -2.33. The summed E-state index contributed by atoms with van der Waals surface area (Å²) in [7, 11) is 0. The average Bonchev–Trinajstić information content (AvgIpc) is 3.36. The molecule has 0 saturated carbocycles. The number of piperidine rings is 1. The highest BCUT2D eigenvalue weighted by atomic mass is 32.1. The molecule has 8 nitrogen and oxygen atoms in total. The Morgan fingerprint density at radius 1 is 1.03 bits per heavy atom. The Hall–Kier alpha value is -3.30. The van der Waals surface area contributed by atoms with Crippen LogP contribution in [0.15, 0.2) is 48.5 Å². The number of benzene rings is 2. The van der Waals surface area contributed by atoms with E-state index in [1.54, 1.807) is 24.3 Å². The van der Waals surface area contributed by atoms with Gasteiger partial charge >= 0.3 is 0 Å². The predicted molar refractivity (Wildman–Crippen MR) is 137 cm³/mol. The quantitative estimate of drug-likeness (QED) is 0.409. The largest absolute Gasteiger partial charge is 0.486 e. The number of likely N-dealkylation sites (tertiary alicyclic amines) is 1. The van der Waals surface area contributed by atoms with E-state index in [1.807, 2.05) is 31.2 Å². The summed E-state index contributed by atoms with van der Waals surface area (Å²) in [6.45, 7) is 6.21. The predicted octanol–water partition coefficient (Wildman–Crippen LogP) is 4.28. The fourth-order valence-electron chi connectivity index (χ4n) is 3.90. The van der Waals surface area contributed by atoms with Gasteiger partial charge in [0.05, 0.1) is 0 Å². The number of ether oxygens (including phenoxy) is 1. The maximum atomic E-state index is 12.6. The van der Waals surface area contributed by atoms with Gasteiger partial charge in [0.2, 0.25) is 5.01 Å². The smallest absolute Gasteiger partial charge is 0.286 e. The molecule has 2 aromatic carbocycles. The van der Waals surface area contributed by atoms with Crippen molar-refractivity contribution in [2.45, 2.75) is 39.2 Å². The van der Waals surface area contributed by atoms with E-state index in [4.69, 9.17) is 4.74 Å². The number of hydrogen-bond donors (Lipinski definition) is 2. The highest BCUT2D eigenvalue weighted by molar-refractivity contribution is 7.13. The summed E-state index contributed by atoms with van der Waals surface area (Å²) in [4.78, 5) is 27.6. The molecule has 0 unspecified atom stereocenters. The molecular weight excluding hydrogens is 462 g/mol. The highest BCUT2D eigenvalue weighted by Crippen LogP contribution is 2.18. The number of hydrogen-bond acceptors (Lipinski definition) is 7. The van der Waals surface area contributed by atoms with Crippen molar-refractivity contribution in [3.05, 3.63) is 69.7 Å². The second kappa shape index (κ2) is 12.4. The molecule has 35 heavy (non-hydrogen) atoms. The van der Waals surface area contributed by atoms with Gasteiger partial charge in [0.1, 0.15) is 12.4 Å². The van der Waals surface area contributed by atoms with E-state index >= 15 is 0 Å². The van der Waals surface area contributed by atoms with Gasteiger partial charge < -0.3 is 20.3 Å². The van der Waals surface area contributed by atoms with Crippen molar-refractivity contribution in [2.75, 3.05) is 31.5 Å². The van der Waals surface area contributed by atoms with E-state index in [2.05, 4.69) is 25.7 Å². The Bertz CT molecular complexity index is 1130. The molecule has 9 heteroatoms. The average molecular weight is 494 g/mol. The van der Waals surface area contributed by atoms with Gasteiger partial charge in [-0.25, -0.2) is 0 Å². The number of nitrogens with zero attached hydrogens (tertiary/aromatic N) is 3. The molecule has 2 N–H and O–H groups in total. The summed E-state index contributed by atoms with van der Waals surface area (Å²) in [5.74, 6) is 0.216. The molecule has 1 saturated heterocycles. The van der Waals surface area contributed by atoms with E-state index in [-0.39, 0.29) is 23.4 Å². The van der Waals surface area contributed by atoms with Crippen LogP contribution in [-0.4, -0.2) is 53.1 Å². The second-order valence-corrected chi connectivity index (χ2v) is 9.71. The van der Waals surface area contributed by atoms with Crippen LogP contribution < -0.4 is 15.4 Å². The van der Waals surface area contributed by atoms with E-state index < -0.39 is 0 Å². The molecular formula is C26H31N5O3S. The van der Waals surface area contributed by atoms with Crippen LogP contribution >= 0.6 is 11.3 Å². The fourth-order valence-corrected chi connectivity index (χ4v) is 4.54.